The van der Waals surface area contributed by atoms with Crippen LogP contribution < -0.4 is 10.6 Å². The maximum absolute atomic E-state index is 13.1. The summed E-state index contributed by atoms with van der Waals surface area (Å²) in [6.45, 7) is 3.00. The van der Waals surface area contributed by atoms with Gasteiger partial charge in [0.2, 0.25) is 0 Å². The summed E-state index contributed by atoms with van der Waals surface area (Å²) >= 11 is 0. The summed E-state index contributed by atoms with van der Waals surface area (Å²) < 4.78 is 18.3. The molecule has 0 radical (unpaired) electrons. The molecule has 0 spiro atoms. The predicted octanol–water partition coefficient (Wildman–Crippen LogP) is 4.03. The number of benzene rings is 3. The molecule has 176 valence electrons. The number of halogens is 1. The molecule has 0 aliphatic rings. The molecule has 0 saturated heterocycles. The first-order valence-corrected chi connectivity index (χ1v) is 11.0. The summed E-state index contributed by atoms with van der Waals surface area (Å²) in [7, 11) is 0. The van der Waals surface area contributed by atoms with Crippen LogP contribution in [0.15, 0.2) is 84.9 Å². The molecule has 7 heteroatoms. The molecule has 3 aromatic rings. The molecule has 0 fully saturated rings. The van der Waals surface area contributed by atoms with Gasteiger partial charge in [-0.25, -0.2) is 9.18 Å². The van der Waals surface area contributed by atoms with Crippen molar-refractivity contribution in [3.05, 3.63) is 107 Å². The minimum absolute atomic E-state index is 0.214. The van der Waals surface area contributed by atoms with E-state index in [-0.39, 0.29) is 11.5 Å². The van der Waals surface area contributed by atoms with Crippen molar-refractivity contribution in [1.29, 1.82) is 0 Å². The van der Waals surface area contributed by atoms with E-state index in [1.165, 1.54) is 12.1 Å². The molecule has 0 unspecified atom stereocenters. The normalized spacial score (nSPS) is 11.7. The molecule has 2 amide bonds. The van der Waals surface area contributed by atoms with Crippen LogP contribution in [0.1, 0.15) is 41.4 Å². The van der Waals surface area contributed by atoms with E-state index >= 15 is 0 Å². The highest BCUT2D eigenvalue weighted by atomic mass is 19.1. The van der Waals surface area contributed by atoms with Gasteiger partial charge in [0.15, 0.2) is 6.61 Å². The number of amides is 2. The number of carbonyl (C=O) groups excluding carboxylic acids is 3. The third-order valence-electron chi connectivity index (χ3n) is 5.23. The molecule has 0 aliphatic heterocycles. The van der Waals surface area contributed by atoms with E-state index in [0.29, 0.717) is 0 Å². The number of nitrogens with one attached hydrogen (secondary N) is 2. The standard InChI is InChI=1S/C27H27FN2O4/c1-18(2)24(30-26(32)21-13-15-22(28)16-14-21)27(33)34-17-23(31)29-25(19-9-5-3-6-10-19)20-11-7-4-8-12-20/h3-16,18,24-25H,17H2,1-2H3,(H,29,31)(H,30,32)/t24-/m0/s1. The van der Waals surface area contributed by atoms with E-state index in [4.69, 9.17) is 4.74 Å². The Morgan fingerprint density at radius 3 is 1.82 bits per heavy atom. The van der Waals surface area contributed by atoms with E-state index in [1.54, 1.807) is 13.8 Å². The fourth-order valence-electron chi connectivity index (χ4n) is 3.40. The summed E-state index contributed by atoms with van der Waals surface area (Å²) in [4.78, 5) is 37.8. The minimum atomic E-state index is -0.968. The molecule has 0 heterocycles. The first kappa shape index (κ1) is 24.6. The Balaban J connectivity index is 1.62. The second kappa shape index (κ2) is 11.7. The molecule has 0 aromatic heterocycles. The molecule has 0 bridgehead atoms. The molecule has 3 rings (SSSR count). The Labute approximate surface area is 198 Å². The third kappa shape index (κ3) is 6.75. The van der Waals surface area contributed by atoms with Gasteiger partial charge in [-0.05, 0) is 41.3 Å². The van der Waals surface area contributed by atoms with Gasteiger partial charge < -0.3 is 15.4 Å². The third-order valence-corrected chi connectivity index (χ3v) is 5.23. The van der Waals surface area contributed by atoms with Crippen molar-refractivity contribution in [3.8, 4) is 0 Å². The lowest BCUT2D eigenvalue weighted by molar-refractivity contribution is -0.151. The topological polar surface area (TPSA) is 84.5 Å². The second-order valence-electron chi connectivity index (χ2n) is 8.13. The van der Waals surface area contributed by atoms with Gasteiger partial charge in [-0.1, -0.05) is 74.5 Å². The average molecular weight is 463 g/mol. The maximum Gasteiger partial charge on any atom is 0.329 e. The van der Waals surface area contributed by atoms with Crippen molar-refractivity contribution in [3.63, 3.8) is 0 Å². The van der Waals surface area contributed by atoms with Crippen molar-refractivity contribution in [2.75, 3.05) is 6.61 Å². The second-order valence-corrected chi connectivity index (χ2v) is 8.13. The number of rotatable bonds is 9. The number of esters is 1. The van der Waals surface area contributed by atoms with E-state index < -0.39 is 42.3 Å². The highest BCUT2D eigenvalue weighted by molar-refractivity contribution is 5.97. The van der Waals surface area contributed by atoms with Gasteiger partial charge in [0.1, 0.15) is 11.9 Å². The van der Waals surface area contributed by atoms with Crippen LogP contribution in [0.3, 0.4) is 0 Å². The monoisotopic (exact) mass is 462 g/mol. The Hall–Kier alpha value is -4.00. The zero-order chi connectivity index (χ0) is 24.5. The predicted molar refractivity (Wildman–Crippen MR) is 126 cm³/mol. The van der Waals surface area contributed by atoms with Gasteiger partial charge in [0, 0.05) is 5.56 Å². The van der Waals surface area contributed by atoms with Crippen LogP contribution in [0.4, 0.5) is 4.39 Å². The maximum atomic E-state index is 13.1. The van der Waals surface area contributed by atoms with Crippen LogP contribution in [0.5, 0.6) is 0 Å². The van der Waals surface area contributed by atoms with Gasteiger partial charge in [-0.2, -0.15) is 0 Å². The zero-order valence-electron chi connectivity index (χ0n) is 19.0. The van der Waals surface area contributed by atoms with E-state index in [2.05, 4.69) is 10.6 Å². The fourth-order valence-corrected chi connectivity index (χ4v) is 3.40. The Morgan fingerprint density at radius 2 is 1.32 bits per heavy atom. The van der Waals surface area contributed by atoms with Crippen molar-refractivity contribution < 1.29 is 23.5 Å². The smallest absolute Gasteiger partial charge is 0.329 e. The lowest BCUT2D eigenvalue weighted by Gasteiger charge is -2.22. The van der Waals surface area contributed by atoms with Crippen molar-refractivity contribution in [2.45, 2.75) is 25.9 Å². The fraction of sp³-hybridized carbons (Fsp3) is 0.222. The van der Waals surface area contributed by atoms with Crippen molar-refractivity contribution >= 4 is 17.8 Å². The number of carbonyl (C=O) groups is 3. The summed E-state index contributed by atoms with van der Waals surface area (Å²) in [5, 5.41) is 5.51. The Kier molecular flexibility index (Phi) is 8.51. The van der Waals surface area contributed by atoms with Crippen LogP contribution in [-0.2, 0) is 14.3 Å². The number of hydrogen-bond donors (Lipinski definition) is 2. The van der Waals surface area contributed by atoms with Crippen LogP contribution in [0.2, 0.25) is 0 Å². The number of hydrogen-bond acceptors (Lipinski definition) is 4. The van der Waals surface area contributed by atoms with Crippen LogP contribution >= 0.6 is 0 Å². The van der Waals surface area contributed by atoms with Crippen LogP contribution in [-0.4, -0.2) is 30.4 Å². The highest BCUT2D eigenvalue weighted by Crippen LogP contribution is 2.21. The largest absolute Gasteiger partial charge is 0.454 e. The first-order chi connectivity index (χ1) is 16.3. The highest BCUT2D eigenvalue weighted by Gasteiger charge is 2.27. The van der Waals surface area contributed by atoms with Crippen molar-refractivity contribution in [1.82, 2.24) is 10.6 Å². The summed E-state index contributed by atoms with van der Waals surface area (Å²) in [6, 6.07) is 22.5. The zero-order valence-corrected chi connectivity index (χ0v) is 19.0. The quantitative estimate of drug-likeness (QED) is 0.471. The average Bonchev–Trinajstić information content (AvgIpc) is 2.85. The van der Waals surface area contributed by atoms with Crippen LogP contribution in [0.25, 0.3) is 0 Å². The van der Waals surface area contributed by atoms with Gasteiger partial charge in [-0.3, -0.25) is 9.59 Å². The van der Waals surface area contributed by atoms with Gasteiger partial charge in [0.05, 0.1) is 6.04 Å². The molecule has 2 N–H and O–H groups in total. The van der Waals surface area contributed by atoms with E-state index in [9.17, 15) is 18.8 Å². The number of ether oxygens (including phenoxy) is 1. The van der Waals surface area contributed by atoms with Gasteiger partial charge in [0.25, 0.3) is 11.8 Å². The molecule has 3 aromatic carbocycles. The van der Waals surface area contributed by atoms with Crippen molar-refractivity contribution in [2.24, 2.45) is 5.92 Å². The molecule has 0 aliphatic carbocycles. The molecule has 34 heavy (non-hydrogen) atoms. The lowest BCUT2D eigenvalue weighted by Crippen LogP contribution is -2.46. The molecular formula is C27H27FN2O4. The first-order valence-electron chi connectivity index (χ1n) is 11.0. The minimum Gasteiger partial charge on any atom is -0.454 e. The molecule has 6 nitrogen and oxygen atoms in total. The summed E-state index contributed by atoms with van der Waals surface area (Å²) in [6.07, 6.45) is 0. The van der Waals surface area contributed by atoms with E-state index in [1.807, 2.05) is 60.7 Å². The van der Waals surface area contributed by atoms with Gasteiger partial charge in [-0.15, -0.1) is 0 Å². The van der Waals surface area contributed by atoms with Gasteiger partial charge >= 0.3 is 5.97 Å². The summed E-state index contributed by atoms with van der Waals surface area (Å²) in [5.74, 6) is -2.49. The lowest BCUT2D eigenvalue weighted by atomic mass is 9.99. The Morgan fingerprint density at radius 1 is 0.794 bits per heavy atom. The van der Waals surface area contributed by atoms with Crippen LogP contribution in [0, 0.1) is 11.7 Å². The Bertz CT molecular complexity index is 1060. The molecular weight excluding hydrogens is 435 g/mol. The van der Waals surface area contributed by atoms with E-state index in [0.717, 1.165) is 23.3 Å². The molecule has 1 atom stereocenters. The molecule has 0 saturated carbocycles. The summed E-state index contributed by atoms with van der Waals surface area (Å²) in [5.41, 5.74) is 1.99. The SMILES string of the molecule is CC(C)[C@H](NC(=O)c1ccc(F)cc1)C(=O)OCC(=O)NC(c1ccccc1)c1ccccc1.